The smallest absolute Gasteiger partial charge is 0.128 e. The van der Waals surface area contributed by atoms with E-state index in [0.29, 0.717) is 13.0 Å². The lowest BCUT2D eigenvalue weighted by molar-refractivity contribution is 0.129. The Hall–Kier alpha value is -0.620. The van der Waals surface area contributed by atoms with E-state index in [4.69, 9.17) is 5.26 Å². The lowest BCUT2D eigenvalue weighted by atomic mass is 9.97. The summed E-state index contributed by atoms with van der Waals surface area (Å²) in [5, 5.41) is 8.44. The van der Waals surface area contributed by atoms with Crippen LogP contribution >= 0.6 is 0 Å². The Morgan fingerprint density at radius 1 is 1.70 bits per heavy atom. The molecule has 1 fully saturated rings. The normalized spacial score (nSPS) is 35.3. The number of hydrogen-bond acceptors (Lipinski definition) is 2. The van der Waals surface area contributed by atoms with Gasteiger partial charge in [-0.1, -0.05) is 0 Å². The fourth-order valence-electron chi connectivity index (χ4n) is 1.20. The van der Waals surface area contributed by atoms with Gasteiger partial charge >= 0.3 is 0 Å². The SMILES string of the molecule is CN1CCC(C#N)C(F)C1. The van der Waals surface area contributed by atoms with Crippen molar-refractivity contribution in [3.8, 4) is 6.07 Å². The molecule has 0 aliphatic carbocycles. The highest BCUT2D eigenvalue weighted by Crippen LogP contribution is 2.18. The van der Waals surface area contributed by atoms with Crippen LogP contribution in [-0.4, -0.2) is 31.2 Å². The molecule has 0 aromatic rings. The van der Waals surface area contributed by atoms with Gasteiger partial charge in [0.05, 0.1) is 12.0 Å². The van der Waals surface area contributed by atoms with Crippen LogP contribution in [0.5, 0.6) is 0 Å². The van der Waals surface area contributed by atoms with Crippen LogP contribution in [0.1, 0.15) is 6.42 Å². The molecular formula is C7H11FN2. The number of likely N-dealkylation sites (tertiary alicyclic amines) is 1. The van der Waals surface area contributed by atoms with Gasteiger partial charge < -0.3 is 4.90 Å². The molecule has 0 spiro atoms. The minimum absolute atomic E-state index is 0.365. The molecule has 0 aromatic heterocycles. The molecule has 2 nitrogen and oxygen atoms in total. The fraction of sp³-hybridized carbons (Fsp3) is 0.857. The predicted molar refractivity (Wildman–Crippen MR) is 36.1 cm³/mol. The molecule has 0 aromatic carbocycles. The van der Waals surface area contributed by atoms with Crippen LogP contribution in [0.4, 0.5) is 4.39 Å². The van der Waals surface area contributed by atoms with Crippen molar-refractivity contribution < 1.29 is 4.39 Å². The summed E-state index contributed by atoms with van der Waals surface area (Å²) in [7, 11) is 1.88. The van der Waals surface area contributed by atoms with Crippen molar-refractivity contribution >= 4 is 0 Å². The van der Waals surface area contributed by atoms with Crippen LogP contribution in [-0.2, 0) is 0 Å². The van der Waals surface area contributed by atoms with Crippen LogP contribution in [0.25, 0.3) is 0 Å². The molecule has 0 N–H and O–H groups in total. The summed E-state index contributed by atoms with van der Waals surface area (Å²) in [6.07, 6.45) is -0.266. The quantitative estimate of drug-likeness (QED) is 0.500. The summed E-state index contributed by atoms with van der Waals surface area (Å²) in [5.74, 6) is -0.365. The number of hydrogen-bond donors (Lipinski definition) is 0. The van der Waals surface area contributed by atoms with E-state index in [9.17, 15) is 4.39 Å². The van der Waals surface area contributed by atoms with Crippen molar-refractivity contribution in [2.24, 2.45) is 5.92 Å². The van der Waals surface area contributed by atoms with E-state index < -0.39 is 6.17 Å². The molecule has 1 saturated heterocycles. The Labute approximate surface area is 60.2 Å². The Morgan fingerprint density at radius 2 is 2.40 bits per heavy atom. The minimum atomic E-state index is -0.941. The van der Waals surface area contributed by atoms with E-state index in [0.717, 1.165) is 6.54 Å². The van der Waals surface area contributed by atoms with Crippen LogP contribution < -0.4 is 0 Å². The van der Waals surface area contributed by atoms with E-state index in [1.807, 2.05) is 18.0 Å². The zero-order chi connectivity index (χ0) is 7.56. The highest BCUT2D eigenvalue weighted by Gasteiger charge is 2.26. The Morgan fingerprint density at radius 3 is 2.90 bits per heavy atom. The van der Waals surface area contributed by atoms with Gasteiger partial charge in [0.2, 0.25) is 0 Å². The first kappa shape index (κ1) is 7.49. The van der Waals surface area contributed by atoms with E-state index in [1.165, 1.54) is 0 Å². The first-order chi connectivity index (χ1) is 4.74. The van der Waals surface area contributed by atoms with Gasteiger partial charge in [0.15, 0.2) is 0 Å². The third kappa shape index (κ3) is 1.45. The summed E-state index contributed by atoms with van der Waals surface area (Å²) in [5.41, 5.74) is 0. The number of nitrogens with zero attached hydrogens (tertiary/aromatic N) is 2. The van der Waals surface area contributed by atoms with E-state index in [1.54, 1.807) is 0 Å². The maximum absolute atomic E-state index is 12.8. The van der Waals surface area contributed by atoms with Crippen molar-refractivity contribution in [2.45, 2.75) is 12.6 Å². The van der Waals surface area contributed by atoms with Gasteiger partial charge in [-0.3, -0.25) is 0 Å². The Balaban J connectivity index is 2.45. The van der Waals surface area contributed by atoms with Crippen molar-refractivity contribution in [1.29, 1.82) is 5.26 Å². The molecule has 0 saturated carbocycles. The second-order valence-electron chi connectivity index (χ2n) is 2.80. The molecule has 3 heteroatoms. The summed E-state index contributed by atoms with van der Waals surface area (Å²) in [6.45, 7) is 1.26. The zero-order valence-corrected chi connectivity index (χ0v) is 6.05. The summed E-state index contributed by atoms with van der Waals surface area (Å²) in [4.78, 5) is 1.92. The summed E-state index contributed by atoms with van der Waals surface area (Å²) >= 11 is 0. The first-order valence-corrected chi connectivity index (χ1v) is 3.46. The second-order valence-corrected chi connectivity index (χ2v) is 2.80. The highest BCUT2D eigenvalue weighted by atomic mass is 19.1. The van der Waals surface area contributed by atoms with Crippen LogP contribution in [0.2, 0.25) is 0 Å². The molecule has 0 radical (unpaired) electrons. The molecule has 0 bridgehead atoms. The average Bonchev–Trinajstić information content (AvgIpc) is 1.88. The van der Waals surface area contributed by atoms with Gasteiger partial charge in [-0.05, 0) is 20.0 Å². The second kappa shape index (κ2) is 2.98. The first-order valence-electron chi connectivity index (χ1n) is 3.46. The molecule has 2 unspecified atom stereocenters. The van der Waals surface area contributed by atoms with Crippen LogP contribution in [0.3, 0.4) is 0 Å². The molecule has 1 aliphatic rings. The number of rotatable bonds is 0. The monoisotopic (exact) mass is 142 g/mol. The highest BCUT2D eigenvalue weighted by molar-refractivity contribution is 4.92. The molecule has 1 heterocycles. The van der Waals surface area contributed by atoms with Gasteiger partial charge in [-0.15, -0.1) is 0 Å². The summed E-state index contributed by atoms with van der Waals surface area (Å²) < 4.78 is 12.8. The maximum atomic E-state index is 12.8. The third-order valence-electron chi connectivity index (χ3n) is 1.91. The van der Waals surface area contributed by atoms with Crippen molar-refractivity contribution in [3.63, 3.8) is 0 Å². The molecule has 2 atom stereocenters. The van der Waals surface area contributed by atoms with Gasteiger partial charge in [-0.2, -0.15) is 5.26 Å². The zero-order valence-electron chi connectivity index (χ0n) is 6.05. The van der Waals surface area contributed by atoms with E-state index >= 15 is 0 Å². The lowest BCUT2D eigenvalue weighted by Gasteiger charge is -2.28. The summed E-state index contributed by atoms with van der Waals surface area (Å²) in [6, 6.07) is 1.97. The number of alkyl halides is 1. The van der Waals surface area contributed by atoms with E-state index in [-0.39, 0.29) is 5.92 Å². The molecule has 1 rings (SSSR count). The Bertz CT molecular complexity index is 152. The van der Waals surface area contributed by atoms with Crippen molar-refractivity contribution in [1.82, 2.24) is 4.90 Å². The van der Waals surface area contributed by atoms with Gasteiger partial charge in [0, 0.05) is 6.54 Å². The predicted octanol–water partition coefficient (Wildman–Crippen LogP) is 0.800. The average molecular weight is 142 g/mol. The Kier molecular flexibility index (Phi) is 2.23. The number of nitriles is 1. The lowest BCUT2D eigenvalue weighted by Crippen LogP contribution is -2.38. The van der Waals surface area contributed by atoms with Gasteiger partial charge in [0.1, 0.15) is 6.17 Å². The molecule has 1 aliphatic heterocycles. The van der Waals surface area contributed by atoms with Crippen LogP contribution in [0.15, 0.2) is 0 Å². The number of piperidine rings is 1. The largest absolute Gasteiger partial charge is 0.303 e. The topological polar surface area (TPSA) is 27.0 Å². The molecule has 56 valence electrons. The molecule has 0 amide bonds. The molecule has 10 heavy (non-hydrogen) atoms. The van der Waals surface area contributed by atoms with Gasteiger partial charge in [0.25, 0.3) is 0 Å². The van der Waals surface area contributed by atoms with Crippen molar-refractivity contribution in [3.05, 3.63) is 0 Å². The van der Waals surface area contributed by atoms with Crippen molar-refractivity contribution in [2.75, 3.05) is 20.1 Å². The standard InChI is InChI=1S/C7H11FN2/c1-10-3-2-6(4-9)7(8)5-10/h6-7H,2-3,5H2,1H3. The fourth-order valence-corrected chi connectivity index (χ4v) is 1.20. The van der Waals surface area contributed by atoms with Crippen LogP contribution in [0, 0.1) is 17.2 Å². The number of halogens is 1. The minimum Gasteiger partial charge on any atom is -0.303 e. The molecular weight excluding hydrogens is 131 g/mol. The maximum Gasteiger partial charge on any atom is 0.128 e. The van der Waals surface area contributed by atoms with E-state index in [2.05, 4.69) is 0 Å². The van der Waals surface area contributed by atoms with Gasteiger partial charge in [-0.25, -0.2) is 4.39 Å². The third-order valence-corrected chi connectivity index (χ3v) is 1.91.